The van der Waals surface area contributed by atoms with Gasteiger partial charge in [-0.1, -0.05) is 54.6 Å². The normalized spacial score (nSPS) is 14.9. The predicted octanol–water partition coefficient (Wildman–Crippen LogP) is 6.41. The average Bonchev–Trinajstić information content (AvgIpc) is 2.80. The standard InChI is InChI=1S/C29H29N3O3/c1-28(2,3)32(27(34)35)29(15-7-16-29)21-12-10-20(11-13-21)25-22(19-8-5-4-6-9-19)18-23-24(31-25)14-17-30-26(23)33/h4-6,8-14,17-18H,7,15-16H2,1-3H3,(H,30,33)(H,34,35). The molecule has 1 fully saturated rings. The summed E-state index contributed by atoms with van der Waals surface area (Å²) in [6.07, 6.45) is 3.33. The maximum Gasteiger partial charge on any atom is 0.408 e. The Hall–Kier alpha value is -3.93. The first kappa shape index (κ1) is 22.8. The van der Waals surface area contributed by atoms with Crippen molar-refractivity contribution in [2.75, 3.05) is 0 Å². The molecule has 0 aliphatic heterocycles. The molecule has 0 atom stereocenters. The van der Waals surface area contributed by atoms with Gasteiger partial charge in [0.2, 0.25) is 0 Å². The fourth-order valence-electron chi connectivity index (χ4n) is 5.37. The maximum absolute atomic E-state index is 12.5. The number of aromatic nitrogens is 2. The van der Waals surface area contributed by atoms with Crippen LogP contribution in [-0.2, 0) is 5.54 Å². The highest BCUT2D eigenvalue weighted by molar-refractivity contribution is 5.91. The summed E-state index contributed by atoms with van der Waals surface area (Å²) >= 11 is 0. The Kier molecular flexibility index (Phi) is 5.47. The van der Waals surface area contributed by atoms with Crippen molar-refractivity contribution in [3.8, 4) is 22.4 Å². The first-order chi connectivity index (χ1) is 16.7. The van der Waals surface area contributed by atoms with Gasteiger partial charge in [-0.2, -0.15) is 0 Å². The molecule has 4 aromatic rings. The van der Waals surface area contributed by atoms with Crippen LogP contribution in [0.2, 0.25) is 0 Å². The van der Waals surface area contributed by atoms with E-state index in [9.17, 15) is 14.7 Å². The molecule has 2 aromatic carbocycles. The largest absolute Gasteiger partial charge is 0.465 e. The van der Waals surface area contributed by atoms with Gasteiger partial charge in [-0.05, 0) is 63.3 Å². The van der Waals surface area contributed by atoms with Crippen molar-refractivity contribution < 1.29 is 9.90 Å². The lowest BCUT2D eigenvalue weighted by molar-refractivity contribution is -0.0328. The molecule has 0 spiro atoms. The topological polar surface area (TPSA) is 86.3 Å². The number of nitrogens with one attached hydrogen (secondary N) is 1. The molecule has 35 heavy (non-hydrogen) atoms. The van der Waals surface area contributed by atoms with E-state index in [1.54, 1.807) is 17.2 Å². The van der Waals surface area contributed by atoms with Gasteiger partial charge in [-0.25, -0.2) is 9.78 Å². The lowest BCUT2D eigenvalue weighted by Crippen LogP contribution is -2.60. The van der Waals surface area contributed by atoms with Gasteiger partial charge in [0.25, 0.3) is 5.56 Å². The number of rotatable bonds is 4. The molecule has 2 N–H and O–H groups in total. The molecule has 1 saturated carbocycles. The fraction of sp³-hybridized carbons (Fsp3) is 0.276. The second kappa shape index (κ2) is 8.38. The molecule has 5 rings (SSSR count). The Labute approximate surface area is 204 Å². The first-order valence-electron chi connectivity index (χ1n) is 11.9. The van der Waals surface area contributed by atoms with Gasteiger partial charge in [-0.3, -0.25) is 9.69 Å². The molecular formula is C29H29N3O3. The summed E-state index contributed by atoms with van der Waals surface area (Å²) in [5, 5.41) is 10.6. The monoisotopic (exact) mass is 467 g/mol. The number of carboxylic acid groups (broad SMARTS) is 1. The molecule has 178 valence electrons. The maximum atomic E-state index is 12.5. The Morgan fingerprint density at radius 1 is 1.00 bits per heavy atom. The van der Waals surface area contributed by atoms with E-state index in [0.717, 1.165) is 47.2 Å². The Bertz CT molecular complexity index is 1450. The summed E-state index contributed by atoms with van der Waals surface area (Å²) in [6, 6.07) is 21.7. The van der Waals surface area contributed by atoms with E-state index in [4.69, 9.17) is 4.98 Å². The van der Waals surface area contributed by atoms with Crippen LogP contribution in [0.3, 0.4) is 0 Å². The summed E-state index contributed by atoms with van der Waals surface area (Å²) in [5.74, 6) is 0. The fourth-order valence-corrected chi connectivity index (χ4v) is 5.37. The second-order valence-corrected chi connectivity index (χ2v) is 10.2. The van der Waals surface area contributed by atoms with E-state index in [-0.39, 0.29) is 5.56 Å². The summed E-state index contributed by atoms with van der Waals surface area (Å²) < 4.78 is 0. The van der Waals surface area contributed by atoms with Crippen LogP contribution in [0.15, 0.2) is 77.7 Å². The van der Waals surface area contributed by atoms with Crippen LogP contribution in [0.25, 0.3) is 33.3 Å². The minimum Gasteiger partial charge on any atom is -0.465 e. The smallest absolute Gasteiger partial charge is 0.408 e. The number of H-pyrrole nitrogens is 1. The summed E-state index contributed by atoms with van der Waals surface area (Å²) in [7, 11) is 0. The zero-order chi connectivity index (χ0) is 24.8. The van der Waals surface area contributed by atoms with Gasteiger partial charge in [-0.15, -0.1) is 0 Å². The zero-order valence-corrected chi connectivity index (χ0v) is 20.2. The molecule has 0 saturated heterocycles. The number of benzene rings is 2. The number of pyridine rings is 2. The molecule has 1 aliphatic carbocycles. The number of nitrogens with zero attached hydrogens (tertiary/aromatic N) is 2. The van der Waals surface area contributed by atoms with Gasteiger partial charge < -0.3 is 10.1 Å². The van der Waals surface area contributed by atoms with Gasteiger partial charge in [0.05, 0.1) is 22.1 Å². The lowest BCUT2D eigenvalue weighted by atomic mass is 9.69. The second-order valence-electron chi connectivity index (χ2n) is 10.2. The molecule has 0 bridgehead atoms. The number of aromatic amines is 1. The molecule has 2 aromatic heterocycles. The molecular weight excluding hydrogens is 438 g/mol. The summed E-state index contributed by atoms with van der Waals surface area (Å²) in [4.78, 5) is 34.0. The van der Waals surface area contributed by atoms with Crippen LogP contribution in [0.4, 0.5) is 4.79 Å². The van der Waals surface area contributed by atoms with E-state index in [1.807, 2.05) is 81.4 Å². The Balaban J connectivity index is 1.64. The summed E-state index contributed by atoms with van der Waals surface area (Å²) in [6.45, 7) is 5.84. The van der Waals surface area contributed by atoms with Crippen molar-refractivity contribution in [3.63, 3.8) is 0 Å². The van der Waals surface area contributed by atoms with Gasteiger partial charge in [0.1, 0.15) is 0 Å². The quantitative estimate of drug-likeness (QED) is 0.363. The third-order valence-electron chi connectivity index (χ3n) is 7.00. The molecule has 1 aliphatic rings. The van der Waals surface area contributed by atoms with Crippen LogP contribution in [0.1, 0.15) is 45.6 Å². The average molecular weight is 468 g/mol. The van der Waals surface area contributed by atoms with Crippen LogP contribution < -0.4 is 5.56 Å². The number of hydrogen-bond donors (Lipinski definition) is 2. The molecule has 2 heterocycles. The number of fused-ring (bicyclic) bond motifs is 1. The van der Waals surface area contributed by atoms with E-state index in [2.05, 4.69) is 4.98 Å². The lowest BCUT2D eigenvalue weighted by Gasteiger charge is -2.54. The highest BCUT2D eigenvalue weighted by Crippen LogP contribution is 2.49. The molecule has 0 radical (unpaired) electrons. The van der Waals surface area contributed by atoms with Crippen molar-refractivity contribution in [2.24, 2.45) is 0 Å². The zero-order valence-electron chi connectivity index (χ0n) is 20.2. The van der Waals surface area contributed by atoms with Crippen molar-refractivity contribution in [3.05, 3.63) is 88.8 Å². The molecule has 6 heteroatoms. The third-order valence-corrected chi connectivity index (χ3v) is 7.00. The molecule has 0 unspecified atom stereocenters. The molecule has 6 nitrogen and oxygen atoms in total. The number of carbonyl (C=O) groups is 1. The van der Waals surface area contributed by atoms with Crippen LogP contribution in [0, 0.1) is 0 Å². The van der Waals surface area contributed by atoms with Crippen LogP contribution >= 0.6 is 0 Å². The highest BCUT2D eigenvalue weighted by Gasteiger charge is 2.50. The predicted molar refractivity (Wildman–Crippen MR) is 138 cm³/mol. The number of hydrogen-bond acceptors (Lipinski definition) is 3. The highest BCUT2D eigenvalue weighted by atomic mass is 16.4. The Morgan fingerprint density at radius 3 is 2.26 bits per heavy atom. The van der Waals surface area contributed by atoms with Crippen LogP contribution in [0.5, 0.6) is 0 Å². The third kappa shape index (κ3) is 3.89. The van der Waals surface area contributed by atoms with Crippen LogP contribution in [-0.4, -0.2) is 31.6 Å². The van der Waals surface area contributed by atoms with Gasteiger partial charge in [0.15, 0.2) is 0 Å². The van der Waals surface area contributed by atoms with E-state index < -0.39 is 17.2 Å². The number of amides is 1. The summed E-state index contributed by atoms with van der Waals surface area (Å²) in [5.41, 5.74) is 3.99. The SMILES string of the molecule is CC(C)(C)N(C(=O)O)C1(c2ccc(-c3nc4cc[nH]c(=O)c4cc3-c3ccccc3)cc2)CCC1. The minimum atomic E-state index is -0.894. The van der Waals surface area contributed by atoms with E-state index in [1.165, 1.54) is 0 Å². The van der Waals surface area contributed by atoms with E-state index >= 15 is 0 Å². The Morgan fingerprint density at radius 2 is 1.69 bits per heavy atom. The van der Waals surface area contributed by atoms with E-state index in [0.29, 0.717) is 10.9 Å². The minimum absolute atomic E-state index is 0.169. The van der Waals surface area contributed by atoms with Crippen molar-refractivity contribution in [1.29, 1.82) is 0 Å². The van der Waals surface area contributed by atoms with Gasteiger partial charge in [0, 0.05) is 22.9 Å². The first-order valence-corrected chi connectivity index (χ1v) is 11.9. The van der Waals surface area contributed by atoms with Crippen molar-refractivity contribution in [1.82, 2.24) is 14.9 Å². The molecule has 1 amide bonds. The van der Waals surface area contributed by atoms with Gasteiger partial charge >= 0.3 is 6.09 Å². The van der Waals surface area contributed by atoms with Crippen molar-refractivity contribution in [2.45, 2.75) is 51.1 Å². The van der Waals surface area contributed by atoms with Crippen molar-refractivity contribution >= 4 is 17.0 Å².